The second-order valence-corrected chi connectivity index (χ2v) is 6.17. The van der Waals surface area contributed by atoms with Gasteiger partial charge in [-0.1, -0.05) is 38.0 Å². The first-order valence-corrected chi connectivity index (χ1v) is 7.64. The minimum atomic E-state index is -0.0781. The zero-order chi connectivity index (χ0) is 13.7. The summed E-state index contributed by atoms with van der Waals surface area (Å²) < 4.78 is 13.6. The second kappa shape index (κ2) is 7.04. The molecule has 0 spiro atoms. The lowest BCUT2D eigenvalue weighted by molar-refractivity contribution is 0.398. The summed E-state index contributed by atoms with van der Waals surface area (Å²) in [6.07, 6.45) is 7.32. The average Bonchev–Trinajstić information content (AvgIpc) is 2.57. The van der Waals surface area contributed by atoms with Crippen molar-refractivity contribution in [1.29, 1.82) is 0 Å². The van der Waals surface area contributed by atoms with E-state index in [0.29, 0.717) is 12.1 Å². The Morgan fingerprint density at radius 3 is 2.79 bits per heavy atom. The summed E-state index contributed by atoms with van der Waals surface area (Å²) in [6, 6.07) is 8.07. The number of nitrogens with one attached hydrogen (secondary N) is 1. The smallest absolute Gasteiger partial charge is 0.126 e. The van der Waals surface area contributed by atoms with Gasteiger partial charge < -0.3 is 5.32 Å². The molecule has 106 valence electrons. The Morgan fingerprint density at radius 2 is 2.00 bits per heavy atom. The van der Waals surface area contributed by atoms with E-state index in [1.54, 1.807) is 12.1 Å². The van der Waals surface area contributed by atoms with E-state index in [1.165, 1.54) is 32.1 Å². The fourth-order valence-electron chi connectivity index (χ4n) is 3.11. The molecular weight excluding hydrogens is 237 g/mol. The van der Waals surface area contributed by atoms with Crippen molar-refractivity contribution in [2.45, 2.75) is 64.5 Å². The van der Waals surface area contributed by atoms with Gasteiger partial charge in [-0.15, -0.1) is 0 Å². The molecule has 0 aliphatic heterocycles. The molecule has 1 aromatic rings. The van der Waals surface area contributed by atoms with Crippen LogP contribution in [-0.4, -0.2) is 12.1 Å². The van der Waals surface area contributed by atoms with Crippen molar-refractivity contribution in [3.63, 3.8) is 0 Å². The van der Waals surface area contributed by atoms with Crippen molar-refractivity contribution < 1.29 is 4.39 Å². The van der Waals surface area contributed by atoms with Gasteiger partial charge in [0.15, 0.2) is 0 Å². The van der Waals surface area contributed by atoms with Crippen molar-refractivity contribution >= 4 is 0 Å². The van der Waals surface area contributed by atoms with Crippen LogP contribution in [0.15, 0.2) is 24.3 Å². The summed E-state index contributed by atoms with van der Waals surface area (Å²) in [4.78, 5) is 0. The first kappa shape index (κ1) is 14.5. The minimum absolute atomic E-state index is 0.0781. The molecule has 2 heteroatoms. The summed E-state index contributed by atoms with van der Waals surface area (Å²) in [7, 11) is 0. The van der Waals surface area contributed by atoms with E-state index in [0.717, 1.165) is 17.9 Å². The van der Waals surface area contributed by atoms with E-state index < -0.39 is 0 Å². The van der Waals surface area contributed by atoms with Crippen LogP contribution in [0.1, 0.15) is 51.5 Å². The molecule has 1 nitrogen and oxygen atoms in total. The Balaban J connectivity index is 1.84. The molecule has 1 aromatic carbocycles. The zero-order valence-electron chi connectivity index (χ0n) is 12.2. The maximum absolute atomic E-state index is 13.6. The molecular formula is C17H26FN. The zero-order valence-corrected chi connectivity index (χ0v) is 12.2. The van der Waals surface area contributed by atoms with Gasteiger partial charge in [0.2, 0.25) is 0 Å². The van der Waals surface area contributed by atoms with Gasteiger partial charge in [-0.25, -0.2) is 4.39 Å². The Morgan fingerprint density at radius 1 is 1.21 bits per heavy atom. The Kier molecular flexibility index (Phi) is 5.38. The maximum atomic E-state index is 13.6. The molecule has 3 unspecified atom stereocenters. The number of hydrogen-bond donors (Lipinski definition) is 1. The number of benzene rings is 1. The Hall–Kier alpha value is -0.890. The van der Waals surface area contributed by atoms with Crippen LogP contribution in [-0.2, 0) is 6.42 Å². The first-order chi connectivity index (χ1) is 9.15. The lowest BCUT2D eigenvalue weighted by Crippen LogP contribution is -2.37. The standard InChI is InChI=1S/C17H26FN/c1-13-6-5-8-16(11-10-13)19-14(2)12-15-7-3-4-9-17(15)18/h3-4,7,9,13-14,16,19H,5-6,8,10-12H2,1-2H3. The predicted octanol–water partition coefficient (Wildman–Crippen LogP) is 4.32. The summed E-state index contributed by atoms with van der Waals surface area (Å²) in [6.45, 7) is 4.52. The number of hydrogen-bond acceptors (Lipinski definition) is 1. The molecule has 1 fully saturated rings. The van der Waals surface area contributed by atoms with Gasteiger partial charge in [0, 0.05) is 12.1 Å². The van der Waals surface area contributed by atoms with E-state index >= 15 is 0 Å². The molecule has 1 aliphatic rings. The maximum Gasteiger partial charge on any atom is 0.126 e. The Bertz CT molecular complexity index is 391. The molecule has 0 saturated heterocycles. The third kappa shape index (κ3) is 4.61. The van der Waals surface area contributed by atoms with E-state index in [1.807, 2.05) is 12.1 Å². The normalized spacial score (nSPS) is 25.8. The van der Waals surface area contributed by atoms with E-state index in [9.17, 15) is 4.39 Å². The fraction of sp³-hybridized carbons (Fsp3) is 0.647. The molecule has 3 atom stereocenters. The second-order valence-electron chi connectivity index (χ2n) is 6.17. The Labute approximate surface area is 116 Å². The topological polar surface area (TPSA) is 12.0 Å². The van der Waals surface area contributed by atoms with Crippen molar-refractivity contribution in [2.75, 3.05) is 0 Å². The molecule has 1 N–H and O–H groups in total. The van der Waals surface area contributed by atoms with Crippen molar-refractivity contribution in [2.24, 2.45) is 5.92 Å². The van der Waals surface area contributed by atoms with Gasteiger partial charge in [0.05, 0.1) is 0 Å². The molecule has 0 heterocycles. The van der Waals surface area contributed by atoms with Gasteiger partial charge >= 0.3 is 0 Å². The van der Waals surface area contributed by atoms with E-state index in [-0.39, 0.29) is 5.82 Å². The van der Waals surface area contributed by atoms with Gasteiger partial charge in [-0.2, -0.15) is 0 Å². The highest BCUT2D eigenvalue weighted by Gasteiger charge is 2.18. The van der Waals surface area contributed by atoms with Crippen molar-refractivity contribution in [3.05, 3.63) is 35.6 Å². The molecule has 1 aliphatic carbocycles. The van der Waals surface area contributed by atoms with Crippen LogP contribution in [0.2, 0.25) is 0 Å². The van der Waals surface area contributed by atoms with Crippen LogP contribution >= 0.6 is 0 Å². The number of halogens is 1. The van der Waals surface area contributed by atoms with Crippen LogP contribution in [0.4, 0.5) is 4.39 Å². The van der Waals surface area contributed by atoms with Gasteiger partial charge in [0.25, 0.3) is 0 Å². The highest BCUT2D eigenvalue weighted by molar-refractivity contribution is 5.18. The third-order valence-corrected chi connectivity index (χ3v) is 4.26. The summed E-state index contributed by atoms with van der Waals surface area (Å²) in [5.74, 6) is 0.791. The van der Waals surface area contributed by atoms with E-state index in [4.69, 9.17) is 0 Å². The molecule has 1 saturated carbocycles. The molecule has 0 amide bonds. The van der Waals surface area contributed by atoms with Crippen LogP contribution in [0.3, 0.4) is 0 Å². The van der Waals surface area contributed by atoms with Crippen molar-refractivity contribution in [1.82, 2.24) is 5.32 Å². The van der Waals surface area contributed by atoms with Gasteiger partial charge in [-0.3, -0.25) is 0 Å². The SMILES string of the molecule is CC1CCCC(NC(C)Cc2ccccc2F)CC1. The van der Waals surface area contributed by atoms with E-state index in [2.05, 4.69) is 19.2 Å². The lowest BCUT2D eigenvalue weighted by atomic mass is 10.0. The van der Waals surface area contributed by atoms with Gasteiger partial charge in [0.1, 0.15) is 5.82 Å². The quantitative estimate of drug-likeness (QED) is 0.798. The lowest BCUT2D eigenvalue weighted by Gasteiger charge is -2.22. The first-order valence-electron chi connectivity index (χ1n) is 7.64. The molecule has 0 aromatic heterocycles. The summed E-state index contributed by atoms with van der Waals surface area (Å²) >= 11 is 0. The minimum Gasteiger partial charge on any atom is -0.311 e. The summed E-state index contributed by atoms with van der Waals surface area (Å²) in [5.41, 5.74) is 0.824. The largest absolute Gasteiger partial charge is 0.311 e. The predicted molar refractivity (Wildman–Crippen MR) is 78.7 cm³/mol. The highest BCUT2D eigenvalue weighted by Crippen LogP contribution is 2.23. The van der Waals surface area contributed by atoms with Gasteiger partial charge in [-0.05, 0) is 50.2 Å². The average molecular weight is 263 g/mol. The monoisotopic (exact) mass is 263 g/mol. The highest BCUT2D eigenvalue weighted by atomic mass is 19.1. The molecule has 19 heavy (non-hydrogen) atoms. The van der Waals surface area contributed by atoms with Crippen LogP contribution in [0, 0.1) is 11.7 Å². The van der Waals surface area contributed by atoms with Crippen LogP contribution in [0.25, 0.3) is 0 Å². The summed E-state index contributed by atoms with van der Waals surface area (Å²) in [5, 5.41) is 3.69. The van der Waals surface area contributed by atoms with Crippen molar-refractivity contribution in [3.8, 4) is 0 Å². The molecule has 0 bridgehead atoms. The third-order valence-electron chi connectivity index (χ3n) is 4.26. The molecule has 0 radical (unpaired) electrons. The fourth-order valence-corrected chi connectivity index (χ4v) is 3.11. The number of rotatable bonds is 4. The molecule has 2 rings (SSSR count). The van der Waals surface area contributed by atoms with Crippen LogP contribution < -0.4 is 5.32 Å². The van der Waals surface area contributed by atoms with Crippen LogP contribution in [0.5, 0.6) is 0 Å².